The summed E-state index contributed by atoms with van der Waals surface area (Å²) < 4.78 is 0. The normalized spacial score (nSPS) is 15.1. The van der Waals surface area contributed by atoms with Crippen molar-refractivity contribution in [1.29, 1.82) is 0 Å². The van der Waals surface area contributed by atoms with Gasteiger partial charge in [-0.15, -0.1) is 0 Å². The Morgan fingerprint density at radius 3 is 2.35 bits per heavy atom. The predicted octanol–water partition coefficient (Wildman–Crippen LogP) is 1.63. The van der Waals surface area contributed by atoms with Crippen molar-refractivity contribution in [1.82, 2.24) is 10.3 Å². The highest BCUT2D eigenvalue weighted by molar-refractivity contribution is 5.82. The van der Waals surface area contributed by atoms with E-state index in [4.69, 9.17) is 5.73 Å². The maximum atomic E-state index is 11.9. The van der Waals surface area contributed by atoms with E-state index >= 15 is 0 Å². The standard InChI is InChI=1S/C13H21N3O/c1-9(10-5-7-15-8-6-10)16-12(17)11(14)13(2,3)4/h5-9,11H,14H2,1-4H3,(H,16,17)/t9-,11?/m1/s1. The fourth-order valence-corrected chi connectivity index (χ4v) is 1.43. The molecule has 1 unspecified atom stereocenters. The first-order valence-electron chi connectivity index (χ1n) is 5.78. The number of amides is 1. The molecule has 1 heterocycles. The first kappa shape index (κ1) is 13.6. The number of carbonyl (C=O) groups is 1. The summed E-state index contributed by atoms with van der Waals surface area (Å²) in [7, 11) is 0. The molecular formula is C13H21N3O. The first-order chi connectivity index (χ1) is 7.82. The Kier molecular flexibility index (Phi) is 4.23. The lowest BCUT2D eigenvalue weighted by molar-refractivity contribution is -0.125. The second-order valence-corrected chi connectivity index (χ2v) is 5.35. The zero-order chi connectivity index (χ0) is 13.1. The minimum absolute atomic E-state index is 0.0566. The Balaban J connectivity index is 2.64. The highest BCUT2D eigenvalue weighted by Gasteiger charge is 2.28. The van der Waals surface area contributed by atoms with E-state index in [9.17, 15) is 4.79 Å². The predicted molar refractivity (Wildman–Crippen MR) is 68.2 cm³/mol. The van der Waals surface area contributed by atoms with Crippen molar-refractivity contribution in [2.24, 2.45) is 11.1 Å². The van der Waals surface area contributed by atoms with Gasteiger partial charge < -0.3 is 11.1 Å². The Hall–Kier alpha value is -1.42. The van der Waals surface area contributed by atoms with Crippen molar-refractivity contribution in [2.45, 2.75) is 39.8 Å². The van der Waals surface area contributed by atoms with E-state index in [1.54, 1.807) is 12.4 Å². The topological polar surface area (TPSA) is 68.0 Å². The fraction of sp³-hybridized carbons (Fsp3) is 0.538. The molecule has 2 atom stereocenters. The van der Waals surface area contributed by atoms with Crippen LogP contribution in [0.5, 0.6) is 0 Å². The summed E-state index contributed by atoms with van der Waals surface area (Å²) in [6.45, 7) is 7.79. The van der Waals surface area contributed by atoms with E-state index in [0.717, 1.165) is 5.56 Å². The third-order valence-corrected chi connectivity index (χ3v) is 2.78. The van der Waals surface area contributed by atoms with Gasteiger partial charge in [0, 0.05) is 12.4 Å². The second kappa shape index (κ2) is 5.27. The lowest BCUT2D eigenvalue weighted by Gasteiger charge is -2.27. The van der Waals surface area contributed by atoms with Gasteiger partial charge in [0.05, 0.1) is 12.1 Å². The number of pyridine rings is 1. The molecule has 0 saturated heterocycles. The summed E-state index contributed by atoms with van der Waals surface area (Å²) in [5, 5.41) is 2.91. The van der Waals surface area contributed by atoms with E-state index in [-0.39, 0.29) is 17.4 Å². The first-order valence-corrected chi connectivity index (χ1v) is 5.78. The molecule has 0 bridgehead atoms. The zero-order valence-electron chi connectivity index (χ0n) is 10.9. The summed E-state index contributed by atoms with van der Waals surface area (Å²) in [5.41, 5.74) is 6.68. The summed E-state index contributed by atoms with van der Waals surface area (Å²) >= 11 is 0. The molecule has 1 amide bonds. The van der Waals surface area contributed by atoms with E-state index in [0.29, 0.717) is 0 Å². The van der Waals surface area contributed by atoms with Crippen molar-refractivity contribution in [3.05, 3.63) is 30.1 Å². The number of carbonyl (C=O) groups excluding carboxylic acids is 1. The van der Waals surface area contributed by atoms with Crippen LogP contribution in [0.25, 0.3) is 0 Å². The van der Waals surface area contributed by atoms with Crippen molar-refractivity contribution < 1.29 is 4.79 Å². The van der Waals surface area contributed by atoms with Crippen LogP contribution in [0.2, 0.25) is 0 Å². The highest BCUT2D eigenvalue weighted by atomic mass is 16.2. The van der Waals surface area contributed by atoms with Gasteiger partial charge in [0.1, 0.15) is 0 Å². The maximum Gasteiger partial charge on any atom is 0.237 e. The van der Waals surface area contributed by atoms with Gasteiger partial charge in [-0.1, -0.05) is 20.8 Å². The van der Waals surface area contributed by atoms with E-state index in [1.165, 1.54) is 0 Å². The quantitative estimate of drug-likeness (QED) is 0.836. The number of rotatable bonds is 3. The molecule has 1 rings (SSSR count). The smallest absolute Gasteiger partial charge is 0.237 e. The Labute approximate surface area is 103 Å². The maximum absolute atomic E-state index is 11.9. The van der Waals surface area contributed by atoms with Crippen LogP contribution in [-0.4, -0.2) is 16.9 Å². The number of nitrogens with zero attached hydrogens (tertiary/aromatic N) is 1. The lowest BCUT2D eigenvalue weighted by Crippen LogP contribution is -2.49. The summed E-state index contributed by atoms with van der Waals surface area (Å²) in [6.07, 6.45) is 3.42. The van der Waals surface area contributed by atoms with Crippen LogP contribution < -0.4 is 11.1 Å². The molecule has 0 saturated carbocycles. The molecule has 94 valence electrons. The summed E-state index contributed by atoms with van der Waals surface area (Å²) in [5.74, 6) is -0.123. The number of nitrogens with two attached hydrogens (primary N) is 1. The van der Waals surface area contributed by atoms with Crippen molar-refractivity contribution in [3.8, 4) is 0 Å². The van der Waals surface area contributed by atoms with Gasteiger partial charge >= 0.3 is 0 Å². The molecule has 0 spiro atoms. The van der Waals surface area contributed by atoms with E-state index < -0.39 is 6.04 Å². The molecule has 4 heteroatoms. The molecule has 1 aromatic heterocycles. The van der Waals surface area contributed by atoms with Gasteiger partial charge in [-0.3, -0.25) is 9.78 Å². The molecular weight excluding hydrogens is 214 g/mol. The van der Waals surface area contributed by atoms with Crippen molar-refractivity contribution >= 4 is 5.91 Å². The van der Waals surface area contributed by atoms with Crippen LogP contribution in [0.15, 0.2) is 24.5 Å². The molecule has 0 fully saturated rings. The number of hydrogen-bond donors (Lipinski definition) is 2. The number of nitrogens with one attached hydrogen (secondary N) is 1. The molecule has 0 aliphatic heterocycles. The van der Waals surface area contributed by atoms with Crippen LogP contribution >= 0.6 is 0 Å². The number of hydrogen-bond acceptors (Lipinski definition) is 3. The molecule has 0 aliphatic carbocycles. The SMILES string of the molecule is C[C@@H](NC(=O)C(N)C(C)(C)C)c1ccncc1. The largest absolute Gasteiger partial charge is 0.348 e. The Morgan fingerprint density at radius 2 is 1.88 bits per heavy atom. The van der Waals surface area contributed by atoms with Crippen LogP contribution in [0.1, 0.15) is 39.3 Å². The monoisotopic (exact) mass is 235 g/mol. The van der Waals surface area contributed by atoms with E-state index in [1.807, 2.05) is 39.8 Å². The zero-order valence-corrected chi connectivity index (χ0v) is 10.9. The molecule has 3 N–H and O–H groups in total. The highest BCUT2D eigenvalue weighted by Crippen LogP contribution is 2.18. The van der Waals surface area contributed by atoms with Crippen molar-refractivity contribution in [3.63, 3.8) is 0 Å². The second-order valence-electron chi connectivity index (χ2n) is 5.35. The Morgan fingerprint density at radius 1 is 1.35 bits per heavy atom. The van der Waals surface area contributed by atoms with Gasteiger partial charge in [0.2, 0.25) is 5.91 Å². The van der Waals surface area contributed by atoms with Crippen LogP contribution in [0, 0.1) is 5.41 Å². The van der Waals surface area contributed by atoms with Crippen LogP contribution in [-0.2, 0) is 4.79 Å². The molecule has 17 heavy (non-hydrogen) atoms. The molecule has 1 aromatic rings. The summed E-state index contributed by atoms with van der Waals surface area (Å²) in [6, 6.07) is 3.20. The van der Waals surface area contributed by atoms with E-state index in [2.05, 4.69) is 10.3 Å². The lowest BCUT2D eigenvalue weighted by atomic mass is 9.87. The minimum Gasteiger partial charge on any atom is -0.348 e. The van der Waals surface area contributed by atoms with Gasteiger partial charge in [0.15, 0.2) is 0 Å². The molecule has 0 aromatic carbocycles. The van der Waals surface area contributed by atoms with Gasteiger partial charge in [-0.2, -0.15) is 0 Å². The van der Waals surface area contributed by atoms with Gasteiger partial charge in [-0.05, 0) is 30.0 Å². The fourth-order valence-electron chi connectivity index (χ4n) is 1.43. The van der Waals surface area contributed by atoms with Gasteiger partial charge in [-0.25, -0.2) is 0 Å². The third-order valence-electron chi connectivity index (χ3n) is 2.78. The number of aromatic nitrogens is 1. The summed E-state index contributed by atoms with van der Waals surface area (Å²) in [4.78, 5) is 15.9. The average molecular weight is 235 g/mol. The minimum atomic E-state index is -0.508. The molecule has 0 aliphatic rings. The van der Waals surface area contributed by atoms with Crippen LogP contribution in [0.4, 0.5) is 0 Å². The average Bonchev–Trinajstić information content (AvgIpc) is 2.27. The molecule has 4 nitrogen and oxygen atoms in total. The third kappa shape index (κ3) is 3.82. The van der Waals surface area contributed by atoms with Crippen molar-refractivity contribution in [2.75, 3.05) is 0 Å². The van der Waals surface area contributed by atoms with Crippen LogP contribution in [0.3, 0.4) is 0 Å². The van der Waals surface area contributed by atoms with Gasteiger partial charge in [0.25, 0.3) is 0 Å². The molecule has 0 radical (unpaired) electrons. The Bertz CT molecular complexity index is 370.